The number of amides is 3. The number of rotatable bonds is 5. The van der Waals surface area contributed by atoms with Crippen LogP contribution in [0.5, 0.6) is 0 Å². The Morgan fingerprint density at radius 2 is 1.83 bits per heavy atom. The number of ether oxygens (including phenoxy) is 1. The molecule has 3 amide bonds. The summed E-state index contributed by atoms with van der Waals surface area (Å²) in [6.07, 6.45) is 0.932. The van der Waals surface area contributed by atoms with Gasteiger partial charge in [-0.05, 0) is 51.8 Å². The minimum Gasteiger partial charge on any atom is -0.444 e. The fraction of sp³-hybridized carbons (Fsp3) is 0.550. The molecule has 1 aliphatic heterocycles. The lowest BCUT2D eigenvalue weighted by Gasteiger charge is -2.32. The van der Waals surface area contributed by atoms with E-state index in [1.807, 2.05) is 0 Å². The van der Waals surface area contributed by atoms with Gasteiger partial charge in [0.25, 0.3) is 5.91 Å². The third kappa shape index (κ3) is 7.74. The van der Waals surface area contributed by atoms with Crippen molar-refractivity contribution in [1.29, 1.82) is 0 Å². The number of carbonyl (C=O) groups is 3. The Balaban J connectivity index is 1.72. The van der Waals surface area contributed by atoms with Crippen molar-refractivity contribution >= 4 is 41.1 Å². The molecule has 9 heteroatoms. The van der Waals surface area contributed by atoms with Crippen molar-refractivity contribution in [2.45, 2.75) is 51.7 Å². The smallest absolute Gasteiger partial charge is 0.407 e. The van der Waals surface area contributed by atoms with E-state index in [0.717, 1.165) is 0 Å². The lowest BCUT2D eigenvalue weighted by molar-refractivity contribution is -0.121. The lowest BCUT2D eigenvalue weighted by atomic mass is 10.0. The lowest BCUT2D eigenvalue weighted by Crippen LogP contribution is -2.47. The average molecular weight is 444 g/mol. The van der Waals surface area contributed by atoms with Crippen LogP contribution in [0.15, 0.2) is 18.2 Å². The summed E-state index contributed by atoms with van der Waals surface area (Å²) in [6, 6.07) is 4.81. The number of alkyl carbamates (subject to hydrolysis) is 1. The van der Waals surface area contributed by atoms with Gasteiger partial charge in [-0.15, -0.1) is 0 Å². The molecule has 1 heterocycles. The van der Waals surface area contributed by atoms with Gasteiger partial charge in [-0.3, -0.25) is 9.59 Å². The van der Waals surface area contributed by atoms with Crippen LogP contribution in [0.4, 0.5) is 4.79 Å². The Morgan fingerprint density at radius 1 is 1.17 bits per heavy atom. The second-order valence-electron chi connectivity index (χ2n) is 7.94. The van der Waals surface area contributed by atoms with Gasteiger partial charge >= 0.3 is 6.09 Å². The standard InChI is InChI=1S/C20H27Cl2N3O4/c1-20(2,3)29-19(28)23-9-6-17(26)24-14-7-10-25(11-8-14)18(27)15-5-4-13(21)12-16(15)22/h4-5,12,14H,6-11H2,1-3H3,(H,23,28)(H,24,26). The molecule has 0 spiro atoms. The van der Waals surface area contributed by atoms with Crippen LogP contribution in [0.2, 0.25) is 10.0 Å². The highest BCUT2D eigenvalue weighted by Gasteiger charge is 2.25. The first kappa shape index (κ1) is 23.3. The Hall–Kier alpha value is -1.99. The van der Waals surface area contributed by atoms with E-state index in [4.69, 9.17) is 27.9 Å². The molecular formula is C20H27Cl2N3O4. The van der Waals surface area contributed by atoms with Crippen molar-refractivity contribution in [3.63, 3.8) is 0 Å². The number of piperidine rings is 1. The number of carbonyl (C=O) groups excluding carboxylic acids is 3. The molecule has 0 aliphatic carbocycles. The van der Waals surface area contributed by atoms with Crippen LogP contribution in [-0.4, -0.2) is 54.1 Å². The summed E-state index contributed by atoms with van der Waals surface area (Å²) in [4.78, 5) is 38.0. The maximum Gasteiger partial charge on any atom is 0.407 e. The summed E-state index contributed by atoms with van der Waals surface area (Å²) in [5, 5.41) is 6.32. The number of benzene rings is 1. The van der Waals surface area contributed by atoms with Gasteiger partial charge < -0.3 is 20.3 Å². The number of nitrogens with zero attached hydrogens (tertiary/aromatic N) is 1. The number of likely N-dealkylation sites (tertiary alicyclic amines) is 1. The highest BCUT2D eigenvalue weighted by atomic mass is 35.5. The zero-order chi connectivity index (χ0) is 21.6. The number of hydrogen-bond acceptors (Lipinski definition) is 4. The Kier molecular flexibility index (Phi) is 8.16. The van der Waals surface area contributed by atoms with E-state index in [0.29, 0.717) is 41.5 Å². The van der Waals surface area contributed by atoms with E-state index in [-0.39, 0.29) is 30.8 Å². The summed E-state index contributed by atoms with van der Waals surface area (Å²) in [5.74, 6) is -0.287. The molecule has 2 N–H and O–H groups in total. The van der Waals surface area contributed by atoms with E-state index in [9.17, 15) is 14.4 Å². The molecule has 0 unspecified atom stereocenters. The molecule has 0 radical (unpaired) electrons. The van der Waals surface area contributed by atoms with E-state index in [2.05, 4.69) is 10.6 Å². The summed E-state index contributed by atoms with van der Waals surface area (Å²) in [6.45, 7) is 6.58. The molecule has 0 saturated carbocycles. The molecule has 0 bridgehead atoms. The van der Waals surface area contributed by atoms with E-state index < -0.39 is 11.7 Å². The van der Waals surface area contributed by atoms with Crippen LogP contribution >= 0.6 is 23.2 Å². The van der Waals surface area contributed by atoms with Gasteiger partial charge in [-0.2, -0.15) is 0 Å². The molecule has 1 fully saturated rings. The van der Waals surface area contributed by atoms with Gasteiger partial charge in [0.1, 0.15) is 5.60 Å². The van der Waals surface area contributed by atoms with Gasteiger partial charge in [0.2, 0.25) is 5.91 Å². The predicted molar refractivity (Wildman–Crippen MR) is 112 cm³/mol. The fourth-order valence-electron chi connectivity index (χ4n) is 2.95. The van der Waals surface area contributed by atoms with E-state index in [1.54, 1.807) is 43.9 Å². The van der Waals surface area contributed by atoms with Crippen LogP contribution < -0.4 is 10.6 Å². The largest absolute Gasteiger partial charge is 0.444 e. The summed E-state index contributed by atoms with van der Waals surface area (Å²) in [5.41, 5.74) is -0.152. The summed E-state index contributed by atoms with van der Waals surface area (Å²) in [7, 11) is 0. The molecular weight excluding hydrogens is 417 g/mol. The fourth-order valence-corrected chi connectivity index (χ4v) is 3.44. The predicted octanol–water partition coefficient (Wildman–Crippen LogP) is 3.63. The highest BCUT2D eigenvalue weighted by molar-refractivity contribution is 6.36. The third-order valence-electron chi connectivity index (χ3n) is 4.33. The zero-order valence-corrected chi connectivity index (χ0v) is 18.4. The van der Waals surface area contributed by atoms with Crippen molar-refractivity contribution in [1.82, 2.24) is 15.5 Å². The number of hydrogen-bond donors (Lipinski definition) is 2. The van der Waals surface area contributed by atoms with Crippen molar-refractivity contribution in [3.8, 4) is 0 Å². The minimum absolute atomic E-state index is 0.00577. The van der Waals surface area contributed by atoms with Crippen LogP contribution in [0.3, 0.4) is 0 Å². The monoisotopic (exact) mass is 443 g/mol. The van der Waals surface area contributed by atoms with Crippen molar-refractivity contribution in [2.24, 2.45) is 0 Å². The van der Waals surface area contributed by atoms with Gasteiger partial charge in [-0.1, -0.05) is 23.2 Å². The first-order chi connectivity index (χ1) is 13.5. The maximum absolute atomic E-state index is 12.6. The van der Waals surface area contributed by atoms with E-state index in [1.165, 1.54) is 0 Å². The van der Waals surface area contributed by atoms with E-state index >= 15 is 0 Å². The molecule has 1 saturated heterocycles. The quantitative estimate of drug-likeness (QED) is 0.726. The first-order valence-corrected chi connectivity index (χ1v) is 10.3. The zero-order valence-electron chi connectivity index (χ0n) is 16.9. The topological polar surface area (TPSA) is 87.7 Å². The van der Waals surface area contributed by atoms with Crippen molar-refractivity contribution < 1.29 is 19.1 Å². The van der Waals surface area contributed by atoms with Gasteiger partial charge in [0.15, 0.2) is 0 Å². The molecule has 0 aromatic heterocycles. The normalized spacial score (nSPS) is 15.0. The number of halogens is 2. The summed E-state index contributed by atoms with van der Waals surface area (Å²) < 4.78 is 5.12. The van der Waals surface area contributed by atoms with Gasteiger partial charge in [0, 0.05) is 37.1 Å². The van der Waals surface area contributed by atoms with Crippen molar-refractivity contribution in [2.75, 3.05) is 19.6 Å². The Morgan fingerprint density at radius 3 is 2.41 bits per heavy atom. The van der Waals surface area contributed by atoms with Gasteiger partial charge in [-0.25, -0.2) is 4.79 Å². The second-order valence-corrected chi connectivity index (χ2v) is 8.78. The minimum atomic E-state index is -0.575. The maximum atomic E-state index is 12.6. The molecule has 7 nitrogen and oxygen atoms in total. The first-order valence-electron chi connectivity index (χ1n) is 9.55. The van der Waals surface area contributed by atoms with Crippen molar-refractivity contribution in [3.05, 3.63) is 33.8 Å². The SMILES string of the molecule is CC(C)(C)OC(=O)NCCC(=O)NC1CCN(C(=O)c2ccc(Cl)cc2Cl)CC1. The second kappa shape index (κ2) is 10.2. The van der Waals surface area contributed by atoms with Crippen LogP contribution in [0, 0.1) is 0 Å². The Labute approximate surface area is 181 Å². The van der Waals surface area contributed by atoms with Gasteiger partial charge in [0.05, 0.1) is 10.6 Å². The molecule has 1 aromatic rings. The molecule has 1 aromatic carbocycles. The molecule has 0 atom stereocenters. The molecule has 160 valence electrons. The third-order valence-corrected chi connectivity index (χ3v) is 4.88. The molecule has 29 heavy (non-hydrogen) atoms. The molecule has 1 aliphatic rings. The van der Waals surface area contributed by atoms with Crippen LogP contribution in [0.25, 0.3) is 0 Å². The van der Waals surface area contributed by atoms with Crippen LogP contribution in [-0.2, 0) is 9.53 Å². The molecule has 2 rings (SSSR count). The summed E-state index contributed by atoms with van der Waals surface area (Å²) >= 11 is 12.0. The number of nitrogens with one attached hydrogen (secondary N) is 2. The average Bonchev–Trinajstić information content (AvgIpc) is 2.60. The van der Waals surface area contributed by atoms with Crippen LogP contribution in [0.1, 0.15) is 50.4 Å². The Bertz CT molecular complexity index is 757. The highest BCUT2D eigenvalue weighted by Crippen LogP contribution is 2.23.